The molecule has 1 atom stereocenters. The van der Waals surface area contributed by atoms with E-state index in [1.807, 2.05) is 36.4 Å². The molecule has 1 unspecified atom stereocenters. The number of amides is 1. The van der Waals surface area contributed by atoms with Crippen molar-refractivity contribution in [3.05, 3.63) is 88.5 Å². The van der Waals surface area contributed by atoms with Crippen molar-refractivity contribution < 1.29 is 24.5 Å². The first-order valence-electron chi connectivity index (χ1n) is 10.5. The van der Waals surface area contributed by atoms with Crippen LogP contribution in [0.25, 0.3) is 11.1 Å². The van der Waals surface area contributed by atoms with Crippen molar-refractivity contribution in [1.29, 1.82) is 0 Å². The highest BCUT2D eigenvalue weighted by atomic mass is 16.5. The second kappa shape index (κ2) is 8.75. The van der Waals surface area contributed by atoms with Crippen LogP contribution >= 0.6 is 0 Å². The number of benzene rings is 3. The van der Waals surface area contributed by atoms with Gasteiger partial charge in [0.15, 0.2) is 0 Å². The lowest BCUT2D eigenvalue weighted by Gasteiger charge is -2.18. The number of carboxylic acid groups (broad SMARTS) is 1. The minimum Gasteiger partial charge on any atom is -0.507 e. The van der Waals surface area contributed by atoms with Gasteiger partial charge in [-0.2, -0.15) is 0 Å². The maximum Gasteiger partial charge on any atom is 0.407 e. The highest BCUT2D eigenvalue weighted by Crippen LogP contribution is 2.44. The van der Waals surface area contributed by atoms with E-state index in [-0.39, 0.29) is 24.7 Å². The smallest absolute Gasteiger partial charge is 0.407 e. The number of hydrogen-bond donors (Lipinski definition) is 3. The van der Waals surface area contributed by atoms with Crippen molar-refractivity contribution in [3.63, 3.8) is 0 Å². The summed E-state index contributed by atoms with van der Waals surface area (Å²) < 4.78 is 5.47. The summed E-state index contributed by atoms with van der Waals surface area (Å²) in [6.07, 6.45) is -0.687. The van der Waals surface area contributed by atoms with Crippen LogP contribution in [-0.4, -0.2) is 34.9 Å². The number of phenolic OH excluding ortho intramolecular Hbond substituents is 1. The van der Waals surface area contributed by atoms with Crippen molar-refractivity contribution >= 4 is 12.1 Å². The average molecular weight is 431 g/mol. The van der Waals surface area contributed by atoms with E-state index in [2.05, 4.69) is 17.4 Å². The number of ether oxygens (including phenoxy) is 1. The minimum absolute atomic E-state index is 0.0848. The summed E-state index contributed by atoms with van der Waals surface area (Å²) in [5, 5.41) is 22.0. The summed E-state index contributed by atoms with van der Waals surface area (Å²) in [6.45, 7) is 3.62. The fourth-order valence-corrected chi connectivity index (χ4v) is 4.38. The molecule has 0 spiro atoms. The Hall–Kier alpha value is -3.80. The molecule has 1 amide bonds. The van der Waals surface area contributed by atoms with E-state index in [0.717, 1.165) is 22.3 Å². The number of fused-ring (bicyclic) bond motifs is 3. The number of aryl methyl sites for hydroxylation is 2. The van der Waals surface area contributed by atoms with Crippen molar-refractivity contribution in [1.82, 2.24) is 5.32 Å². The molecule has 3 aromatic carbocycles. The predicted octanol–water partition coefficient (Wildman–Crippen LogP) is 4.54. The minimum atomic E-state index is -1.15. The van der Waals surface area contributed by atoms with E-state index in [1.165, 1.54) is 0 Å². The third-order valence-electron chi connectivity index (χ3n) is 5.92. The first-order chi connectivity index (χ1) is 15.3. The second-order valence-electron chi connectivity index (χ2n) is 8.14. The van der Waals surface area contributed by atoms with Gasteiger partial charge in [0.2, 0.25) is 0 Å². The number of rotatable bonds is 6. The summed E-state index contributed by atoms with van der Waals surface area (Å²) in [4.78, 5) is 24.2. The van der Waals surface area contributed by atoms with Crippen LogP contribution < -0.4 is 5.32 Å². The van der Waals surface area contributed by atoms with E-state index >= 15 is 0 Å². The molecule has 0 saturated carbocycles. The molecule has 1 aliphatic rings. The van der Waals surface area contributed by atoms with Crippen LogP contribution in [0.5, 0.6) is 5.75 Å². The summed E-state index contributed by atoms with van der Waals surface area (Å²) >= 11 is 0. The van der Waals surface area contributed by atoms with Crippen molar-refractivity contribution in [2.75, 3.05) is 6.61 Å². The van der Waals surface area contributed by atoms with Gasteiger partial charge in [0, 0.05) is 12.3 Å². The fraction of sp³-hybridized carbons (Fsp3) is 0.231. The summed E-state index contributed by atoms with van der Waals surface area (Å²) in [5.41, 5.74) is 6.45. The monoisotopic (exact) mass is 431 g/mol. The largest absolute Gasteiger partial charge is 0.507 e. The Bertz CT molecular complexity index is 1120. The zero-order chi connectivity index (χ0) is 22.8. The van der Waals surface area contributed by atoms with E-state index in [1.54, 1.807) is 26.0 Å². The number of carboxylic acids is 1. The summed E-state index contributed by atoms with van der Waals surface area (Å²) in [7, 11) is 0. The number of carbonyl (C=O) groups excluding carboxylic acids is 1. The number of aromatic hydroxyl groups is 1. The lowest BCUT2D eigenvalue weighted by molar-refractivity contribution is -0.139. The van der Waals surface area contributed by atoms with Crippen LogP contribution in [0.3, 0.4) is 0 Å². The normalized spacial score (nSPS) is 13.2. The number of aliphatic carboxylic acids is 1. The van der Waals surface area contributed by atoms with Crippen LogP contribution in [0.15, 0.2) is 60.7 Å². The molecule has 4 rings (SSSR count). The molecule has 0 saturated heterocycles. The van der Waals surface area contributed by atoms with Crippen LogP contribution in [0.1, 0.15) is 33.7 Å². The molecule has 0 bridgehead atoms. The van der Waals surface area contributed by atoms with Crippen LogP contribution in [0.2, 0.25) is 0 Å². The quantitative estimate of drug-likeness (QED) is 0.532. The number of carbonyl (C=O) groups is 2. The van der Waals surface area contributed by atoms with Crippen molar-refractivity contribution in [3.8, 4) is 16.9 Å². The number of phenols is 1. The van der Waals surface area contributed by atoms with Crippen molar-refractivity contribution in [2.45, 2.75) is 32.2 Å². The Morgan fingerprint density at radius 3 is 2.03 bits per heavy atom. The van der Waals surface area contributed by atoms with Gasteiger partial charge in [0.1, 0.15) is 18.4 Å². The third-order valence-corrected chi connectivity index (χ3v) is 5.92. The van der Waals surface area contributed by atoms with Gasteiger partial charge in [-0.25, -0.2) is 9.59 Å². The fourth-order valence-electron chi connectivity index (χ4n) is 4.38. The average Bonchev–Trinajstić information content (AvgIpc) is 3.09. The molecule has 0 fully saturated rings. The van der Waals surface area contributed by atoms with E-state index in [9.17, 15) is 19.8 Å². The Balaban J connectivity index is 1.44. The van der Waals surface area contributed by atoms with Gasteiger partial charge < -0.3 is 20.3 Å². The van der Waals surface area contributed by atoms with Gasteiger partial charge >= 0.3 is 12.1 Å². The van der Waals surface area contributed by atoms with Gasteiger partial charge in [0.05, 0.1) is 0 Å². The Labute approximate surface area is 186 Å². The standard InChI is InChI=1S/C26H25NO5/c1-15-11-17(12-16(2)24(15)28)13-23(25(29)30)27-26(31)32-14-22-20-9-5-3-7-18(20)19-8-4-6-10-21(19)22/h3-12,22-23,28H,13-14H2,1-2H3,(H,27,31)(H,29,30). The lowest BCUT2D eigenvalue weighted by Crippen LogP contribution is -2.43. The molecule has 3 N–H and O–H groups in total. The topological polar surface area (TPSA) is 95.9 Å². The van der Waals surface area contributed by atoms with Crippen LogP contribution in [0, 0.1) is 13.8 Å². The molecule has 0 aliphatic heterocycles. The molecule has 1 aliphatic carbocycles. The lowest BCUT2D eigenvalue weighted by atomic mass is 9.98. The third kappa shape index (κ3) is 4.17. The molecule has 6 nitrogen and oxygen atoms in total. The molecule has 0 radical (unpaired) electrons. The molecule has 3 aromatic rings. The highest BCUT2D eigenvalue weighted by Gasteiger charge is 2.29. The second-order valence-corrected chi connectivity index (χ2v) is 8.14. The molecular weight excluding hydrogens is 406 g/mol. The maximum absolute atomic E-state index is 12.5. The van der Waals surface area contributed by atoms with Gasteiger partial charge in [-0.15, -0.1) is 0 Å². The number of hydrogen-bond acceptors (Lipinski definition) is 4. The predicted molar refractivity (Wildman–Crippen MR) is 121 cm³/mol. The van der Waals surface area contributed by atoms with Gasteiger partial charge in [-0.05, 0) is 52.8 Å². The van der Waals surface area contributed by atoms with Gasteiger partial charge in [-0.1, -0.05) is 60.7 Å². The van der Waals surface area contributed by atoms with E-state index in [0.29, 0.717) is 16.7 Å². The van der Waals surface area contributed by atoms with Gasteiger partial charge in [-0.3, -0.25) is 0 Å². The van der Waals surface area contributed by atoms with Crippen molar-refractivity contribution in [2.24, 2.45) is 0 Å². The summed E-state index contributed by atoms with van der Waals surface area (Å²) in [6, 6.07) is 18.3. The van der Waals surface area contributed by atoms with Crippen LogP contribution in [0.4, 0.5) is 4.79 Å². The highest BCUT2D eigenvalue weighted by molar-refractivity contribution is 5.81. The first kappa shape index (κ1) is 21.4. The molecule has 0 aromatic heterocycles. The molecular formula is C26H25NO5. The van der Waals surface area contributed by atoms with Crippen LogP contribution in [-0.2, 0) is 16.0 Å². The zero-order valence-corrected chi connectivity index (χ0v) is 18.0. The first-order valence-corrected chi connectivity index (χ1v) is 10.5. The van der Waals surface area contributed by atoms with Gasteiger partial charge in [0.25, 0.3) is 0 Å². The Kier molecular flexibility index (Phi) is 5.86. The Morgan fingerprint density at radius 1 is 0.969 bits per heavy atom. The zero-order valence-electron chi connectivity index (χ0n) is 18.0. The number of nitrogens with one attached hydrogen (secondary N) is 1. The van der Waals surface area contributed by atoms with E-state index in [4.69, 9.17) is 4.74 Å². The number of alkyl carbamates (subject to hydrolysis) is 1. The summed E-state index contributed by atoms with van der Waals surface area (Å²) in [5.74, 6) is -1.06. The maximum atomic E-state index is 12.5. The molecule has 164 valence electrons. The molecule has 0 heterocycles. The molecule has 32 heavy (non-hydrogen) atoms. The van der Waals surface area contributed by atoms with E-state index < -0.39 is 18.1 Å². The molecule has 6 heteroatoms. The Morgan fingerprint density at radius 2 is 1.50 bits per heavy atom. The SMILES string of the molecule is Cc1cc(CC(NC(=O)OCC2c3ccccc3-c3ccccc32)C(=O)O)cc(C)c1O.